The minimum absolute atomic E-state index is 0.263. The minimum atomic E-state index is -0.263. The van der Waals surface area contributed by atoms with Crippen LogP contribution in [0.1, 0.15) is 167 Å². The van der Waals surface area contributed by atoms with Crippen LogP contribution in [0.3, 0.4) is 0 Å². The molecular weight excluding hydrogens is 424 g/mol. The van der Waals surface area contributed by atoms with E-state index in [-0.39, 0.29) is 5.91 Å². The molecular formula is C29H56N2O3. The van der Waals surface area contributed by atoms with Gasteiger partial charge in [0.15, 0.2) is 0 Å². The van der Waals surface area contributed by atoms with Gasteiger partial charge in [0.25, 0.3) is 0 Å². The second-order valence-corrected chi connectivity index (χ2v) is 10.1. The lowest BCUT2D eigenvalue weighted by Gasteiger charge is -2.04. The normalized spacial score (nSPS) is 10.9. The Morgan fingerprint density at radius 3 is 1.03 bits per heavy atom. The molecule has 0 aliphatic heterocycles. The zero-order valence-corrected chi connectivity index (χ0v) is 22.3. The van der Waals surface area contributed by atoms with Crippen LogP contribution in [-0.4, -0.2) is 23.7 Å². The number of amides is 1. The Balaban J connectivity index is 3.04. The molecule has 0 heterocycles. The van der Waals surface area contributed by atoms with Gasteiger partial charge >= 0.3 is 0 Å². The van der Waals surface area contributed by atoms with Crippen LogP contribution < -0.4 is 5.48 Å². The smallest absolute Gasteiger partial charge is 0.243 e. The molecule has 0 radical (unpaired) electrons. The van der Waals surface area contributed by atoms with Crippen molar-refractivity contribution < 1.29 is 14.8 Å². The molecule has 0 fully saturated rings. The van der Waals surface area contributed by atoms with E-state index < -0.39 is 0 Å². The summed E-state index contributed by atoms with van der Waals surface area (Å²) >= 11 is 0. The predicted molar refractivity (Wildman–Crippen MR) is 143 cm³/mol. The molecule has 0 bridgehead atoms. The van der Waals surface area contributed by atoms with E-state index in [1.165, 1.54) is 141 Å². The zero-order chi connectivity index (χ0) is 24.8. The van der Waals surface area contributed by atoms with Gasteiger partial charge in [-0.3, -0.25) is 10.0 Å². The van der Waals surface area contributed by atoms with Crippen LogP contribution in [0.25, 0.3) is 0 Å². The average Bonchev–Trinajstić information content (AvgIpc) is 2.85. The Hall–Kier alpha value is -1.19. The summed E-state index contributed by atoms with van der Waals surface area (Å²) < 4.78 is 0. The first-order valence-electron chi connectivity index (χ1n) is 14.8. The lowest BCUT2D eigenvalue weighted by molar-refractivity contribution is -0.129. The van der Waals surface area contributed by atoms with Crippen LogP contribution in [-0.2, 0) is 9.59 Å². The number of aliphatic imine (C=N–C) groups is 1. The highest BCUT2D eigenvalue weighted by Gasteiger charge is 1.99. The predicted octanol–water partition coefficient (Wildman–Crippen LogP) is 8.97. The second kappa shape index (κ2) is 29.8. The first kappa shape index (κ1) is 32.8. The second-order valence-electron chi connectivity index (χ2n) is 10.1. The highest BCUT2D eigenvalue weighted by atomic mass is 16.5. The Morgan fingerprint density at radius 2 is 0.765 bits per heavy atom. The molecule has 0 rings (SSSR count). The summed E-state index contributed by atoms with van der Waals surface area (Å²) in [5.41, 5.74) is 1.69. The van der Waals surface area contributed by atoms with Crippen LogP contribution in [0.2, 0.25) is 0 Å². The van der Waals surface area contributed by atoms with Gasteiger partial charge in [-0.1, -0.05) is 148 Å². The van der Waals surface area contributed by atoms with Crippen LogP contribution in [0.4, 0.5) is 0 Å². The Morgan fingerprint density at radius 1 is 0.500 bits per heavy atom. The van der Waals surface area contributed by atoms with Gasteiger partial charge in [0, 0.05) is 6.42 Å². The topological polar surface area (TPSA) is 78.8 Å². The maximum atomic E-state index is 10.9. The molecule has 5 heteroatoms. The summed E-state index contributed by atoms with van der Waals surface area (Å²) in [4.78, 5) is 24.4. The monoisotopic (exact) mass is 480 g/mol. The number of carbonyl (C=O) groups excluding carboxylic acids is 2. The maximum absolute atomic E-state index is 10.9. The molecule has 0 aliphatic rings. The summed E-state index contributed by atoms with van der Waals surface area (Å²) in [5, 5.41) is 8.43. The largest absolute Gasteiger partial charge is 0.289 e. The van der Waals surface area contributed by atoms with Gasteiger partial charge in [0.2, 0.25) is 12.0 Å². The number of rotatable bonds is 28. The molecule has 0 aliphatic carbocycles. The van der Waals surface area contributed by atoms with E-state index in [2.05, 4.69) is 4.99 Å². The SMILES string of the molecule is O=C=NCCCCCCCCCCCCCCCCCCCCCCCCCCCC(=O)NO. The van der Waals surface area contributed by atoms with Crippen molar-refractivity contribution in [3.05, 3.63) is 0 Å². The molecule has 1 amide bonds. The van der Waals surface area contributed by atoms with Gasteiger partial charge < -0.3 is 0 Å². The van der Waals surface area contributed by atoms with E-state index in [0.29, 0.717) is 13.0 Å². The maximum Gasteiger partial charge on any atom is 0.243 e. The van der Waals surface area contributed by atoms with E-state index >= 15 is 0 Å². The van der Waals surface area contributed by atoms with Crippen molar-refractivity contribution in [3.63, 3.8) is 0 Å². The quantitative estimate of drug-likeness (QED) is 0.0385. The molecule has 0 atom stereocenters. The number of hydroxylamine groups is 1. The van der Waals surface area contributed by atoms with Gasteiger partial charge in [0.05, 0.1) is 6.54 Å². The Kier molecular flexibility index (Phi) is 28.8. The van der Waals surface area contributed by atoms with Crippen molar-refractivity contribution in [1.82, 2.24) is 5.48 Å². The van der Waals surface area contributed by atoms with Crippen LogP contribution in [0.15, 0.2) is 4.99 Å². The number of hydrogen-bond acceptors (Lipinski definition) is 4. The van der Waals surface area contributed by atoms with Gasteiger partial charge in [0.1, 0.15) is 0 Å². The molecule has 34 heavy (non-hydrogen) atoms. The summed E-state index contributed by atoms with van der Waals surface area (Å²) in [6, 6.07) is 0. The van der Waals surface area contributed by atoms with Crippen molar-refractivity contribution in [1.29, 1.82) is 0 Å². The molecule has 0 unspecified atom stereocenters. The molecule has 2 N–H and O–H groups in total. The third-order valence-corrected chi connectivity index (χ3v) is 6.86. The molecule has 0 aromatic heterocycles. The number of nitrogens with one attached hydrogen (secondary N) is 1. The van der Waals surface area contributed by atoms with Crippen LogP contribution in [0.5, 0.6) is 0 Å². The molecule has 5 nitrogen and oxygen atoms in total. The van der Waals surface area contributed by atoms with E-state index in [4.69, 9.17) is 5.21 Å². The van der Waals surface area contributed by atoms with E-state index in [1.54, 1.807) is 11.6 Å². The summed E-state index contributed by atoms with van der Waals surface area (Å²) in [6.07, 6.45) is 35.2. The van der Waals surface area contributed by atoms with Gasteiger partial charge in [-0.05, 0) is 12.8 Å². The number of hydrogen-bond donors (Lipinski definition) is 2. The fourth-order valence-electron chi connectivity index (χ4n) is 4.64. The lowest BCUT2D eigenvalue weighted by Crippen LogP contribution is -2.17. The number of nitrogens with zero attached hydrogens (tertiary/aromatic N) is 1. The third-order valence-electron chi connectivity index (χ3n) is 6.86. The number of carbonyl (C=O) groups is 1. The third kappa shape index (κ3) is 28.8. The summed E-state index contributed by atoms with van der Waals surface area (Å²) in [7, 11) is 0. The number of unbranched alkanes of at least 4 members (excludes halogenated alkanes) is 24. The van der Waals surface area contributed by atoms with E-state index in [9.17, 15) is 9.59 Å². The number of isocyanates is 1. The fraction of sp³-hybridized carbons (Fsp3) is 0.931. The lowest BCUT2D eigenvalue weighted by atomic mass is 10.0. The van der Waals surface area contributed by atoms with Crippen molar-refractivity contribution in [2.75, 3.05) is 6.54 Å². The van der Waals surface area contributed by atoms with Crippen molar-refractivity contribution in [3.8, 4) is 0 Å². The van der Waals surface area contributed by atoms with E-state index in [1.807, 2.05) is 0 Å². The average molecular weight is 481 g/mol. The molecule has 0 saturated carbocycles. The van der Waals surface area contributed by atoms with Gasteiger partial charge in [-0.25, -0.2) is 15.3 Å². The first-order chi connectivity index (χ1) is 16.8. The van der Waals surface area contributed by atoms with Crippen molar-refractivity contribution in [2.24, 2.45) is 4.99 Å². The van der Waals surface area contributed by atoms with E-state index in [0.717, 1.165) is 19.3 Å². The fourth-order valence-corrected chi connectivity index (χ4v) is 4.64. The van der Waals surface area contributed by atoms with Crippen molar-refractivity contribution >= 4 is 12.0 Å². The minimum Gasteiger partial charge on any atom is -0.289 e. The van der Waals surface area contributed by atoms with Crippen molar-refractivity contribution in [2.45, 2.75) is 167 Å². The van der Waals surface area contributed by atoms with Crippen LogP contribution >= 0.6 is 0 Å². The Bertz CT molecular complexity index is 464. The van der Waals surface area contributed by atoms with Crippen LogP contribution in [0, 0.1) is 0 Å². The standard InChI is InChI=1S/C29H56N2O3/c32-28-30-27-25-23-21-19-17-15-13-11-9-7-5-3-1-2-4-6-8-10-12-14-16-18-20-22-24-26-29(33)31-34/h34H,1-27H2,(H,31,33). The highest BCUT2D eigenvalue weighted by molar-refractivity contribution is 5.74. The highest BCUT2D eigenvalue weighted by Crippen LogP contribution is 2.16. The first-order valence-corrected chi connectivity index (χ1v) is 14.8. The molecule has 0 spiro atoms. The molecule has 0 aromatic carbocycles. The molecule has 200 valence electrons. The Labute approximate surface area is 210 Å². The van der Waals surface area contributed by atoms with Gasteiger partial charge in [-0.2, -0.15) is 0 Å². The summed E-state index contributed by atoms with van der Waals surface area (Å²) in [6.45, 7) is 0.657. The molecule has 0 aromatic rings. The molecule has 0 saturated heterocycles. The zero-order valence-electron chi connectivity index (χ0n) is 22.3. The van der Waals surface area contributed by atoms with Gasteiger partial charge in [-0.15, -0.1) is 0 Å². The summed E-state index contributed by atoms with van der Waals surface area (Å²) in [5.74, 6) is -0.263.